The second-order valence-electron chi connectivity index (χ2n) is 5.02. The van der Waals surface area contributed by atoms with E-state index in [2.05, 4.69) is 9.71 Å². The molecule has 0 saturated heterocycles. The lowest BCUT2D eigenvalue weighted by Crippen LogP contribution is -2.23. The molecule has 0 amide bonds. The van der Waals surface area contributed by atoms with Crippen molar-refractivity contribution in [1.29, 1.82) is 5.26 Å². The summed E-state index contributed by atoms with van der Waals surface area (Å²) in [5.74, 6) is 0. The van der Waals surface area contributed by atoms with Gasteiger partial charge in [0.1, 0.15) is 0 Å². The van der Waals surface area contributed by atoms with Gasteiger partial charge in [-0.1, -0.05) is 6.07 Å². The summed E-state index contributed by atoms with van der Waals surface area (Å²) in [6.45, 7) is 0.147. The van der Waals surface area contributed by atoms with Gasteiger partial charge in [-0.15, -0.1) is 11.3 Å². The smallest absolute Gasteiger partial charge is 0.240 e. The van der Waals surface area contributed by atoms with Crippen molar-refractivity contribution in [3.63, 3.8) is 0 Å². The van der Waals surface area contributed by atoms with E-state index in [1.165, 1.54) is 24.3 Å². The predicted molar refractivity (Wildman–Crippen MR) is 92.7 cm³/mol. The van der Waals surface area contributed by atoms with Crippen LogP contribution in [-0.4, -0.2) is 13.4 Å². The molecule has 5 nitrogen and oxygen atoms in total. The standard InChI is InChI=1S/C17H13N3O2S2/c18-9-13-3-5-16(6-4-13)24(21,22)20-11-14-8-15(12-19-10-14)17-2-1-7-23-17/h1-8,10,12,20H,11H2. The fraction of sp³-hybridized carbons (Fsp3) is 0.0588. The van der Waals surface area contributed by atoms with Gasteiger partial charge >= 0.3 is 0 Å². The van der Waals surface area contributed by atoms with Crippen molar-refractivity contribution >= 4 is 21.4 Å². The molecule has 120 valence electrons. The number of hydrogen-bond donors (Lipinski definition) is 1. The Balaban J connectivity index is 1.75. The molecule has 0 atom stereocenters. The van der Waals surface area contributed by atoms with Crippen molar-refractivity contribution in [2.75, 3.05) is 0 Å². The summed E-state index contributed by atoms with van der Waals surface area (Å²) >= 11 is 1.60. The van der Waals surface area contributed by atoms with Crippen LogP contribution in [0.15, 0.2) is 65.1 Å². The normalized spacial score (nSPS) is 11.1. The largest absolute Gasteiger partial charge is 0.264 e. The summed E-state index contributed by atoms with van der Waals surface area (Å²) in [6.07, 6.45) is 3.39. The van der Waals surface area contributed by atoms with Crippen molar-refractivity contribution < 1.29 is 8.42 Å². The molecule has 1 N–H and O–H groups in total. The minimum atomic E-state index is -3.63. The zero-order valence-electron chi connectivity index (χ0n) is 12.5. The number of pyridine rings is 1. The van der Waals surface area contributed by atoms with E-state index in [-0.39, 0.29) is 11.4 Å². The predicted octanol–water partition coefficient (Wildman–Crippen LogP) is 3.16. The molecule has 0 spiro atoms. The van der Waals surface area contributed by atoms with Crippen LogP contribution in [0.3, 0.4) is 0 Å². The third kappa shape index (κ3) is 3.68. The second-order valence-corrected chi connectivity index (χ2v) is 7.73. The second kappa shape index (κ2) is 6.93. The van der Waals surface area contributed by atoms with E-state index in [0.717, 1.165) is 16.0 Å². The van der Waals surface area contributed by atoms with Crippen LogP contribution in [0.25, 0.3) is 10.4 Å². The van der Waals surface area contributed by atoms with Crippen LogP contribution in [0.4, 0.5) is 0 Å². The van der Waals surface area contributed by atoms with Gasteiger partial charge in [0.05, 0.1) is 16.5 Å². The molecule has 2 heterocycles. The molecule has 24 heavy (non-hydrogen) atoms. The minimum Gasteiger partial charge on any atom is -0.264 e. The fourth-order valence-corrected chi connectivity index (χ4v) is 3.86. The number of nitrogens with zero attached hydrogens (tertiary/aromatic N) is 2. The van der Waals surface area contributed by atoms with Crippen molar-refractivity contribution in [1.82, 2.24) is 9.71 Å². The van der Waals surface area contributed by atoms with Gasteiger partial charge in [0.15, 0.2) is 0 Å². The number of rotatable bonds is 5. The first-order valence-corrected chi connectivity index (χ1v) is 9.42. The summed E-state index contributed by atoms with van der Waals surface area (Å²) in [7, 11) is -3.63. The Morgan fingerprint density at radius 1 is 1.17 bits per heavy atom. The van der Waals surface area contributed by atoms with Crippen LogP contribution in [0.2, 0.25) is 0 Å². The van der Waals surface area contributed by atoms with Crippen LogP contribution >= 0.6 is 11.3 Å². The van der Waals surface area contributed by atoms with Crippen LogP contribution in [0, 0.1) is 11.3 Å². The molecule has 0 bridgehead atoms. The van der Waals surface area contributed by atoms with Gasteiger partial charge in [-0.25, -0.2) is 13.1 Å². The van der Waals surface area contributed by atoms with E-state index in [9.17, 15) is 8.42 Å². The molecular formula is C17H13N3O2S2. The molecule has 0 aliphatic heterocycles. The third-order valence-corrected chi connectivity index (χ3v) is 5.70. The first kappa shape index (κ1) is 16.3. The minimum absolute atomic E-state index is 0.129. The number of benzene rings is 1. The number of sulfonamides is 1. The monoisotopic (exact) mass is 355 g/mol. The van der Waals surface area contributed by atoms with Crippen LogP contribution < -0.4 is 4.72 Å². The number of thiophene rings is 1. The SMILES string of the molecule is N#Cc1ccc(S(=O)(=O)NCc2cncc(-c3cccs3)c2)cc1. The number of nitriles is 1. The first-order chi connectivity index (χ1) is 11.6. The summed E-state index contributed by atoms with van der Waals surface area (Å²) in [5.41, 5.74) is 2.15. The maximum atomic E-state index is 12.3. The zero-order chi connectivity index (χ0) is 17.0. The lowest BCUT2D eigenvalue weighted by atomic mass is 10.2. The van der Waals surface area contributed by atoms with Crippen molar-refractivity contribution in [3.05, 3.63) is 71.4 Å². The van der Waals surface area contributed by atoms with E-state index < -0.39 is 10.0 Å². The highest BCUT2D eigenvalue weighted by Crippen LogP contribution is 2.24. The van der Waals surface area contributed by atoms with Gasteiger partial charge in [-0.2, -0.15) is 5.26 Å². The molecule has 0 fully saturated rings. The number of nitrogens with one attached hydrogen (secondary N) is 1. The topological polar surface area (TPSA) is 82.8 Å². The van der Waals surface area contributed by atoms with Gasteiger partial charge in [0, 0.05) is 29.4 Å². The Hall–Kier alpha value is -2.53. The fourth-order valence-electron chi connectivity index (χ4n) is 2.13. The van der Waals surface area contributed by atoms with Crippen LogP contribution in [0.1, 0.15) is 11.1 Å². The third-order valence-electron chi connectivity index (χ3n) is 3.36. The van der Waals surface area contributed by atoms with Gasteiger partial charge in [-0.05, 0) is 47.3 Å². The quantitative estimate of drug-likeness (QED) is 0.762. The van der Waals surface area contributed by atoms with Gasteiger partial charge in [-0.3, -0.25) is 4.98 Å². The lowest BCUT2D eigenvalue weighted by molar-refractivity contribution is 0.581. The molecule has 0 aliphatic rings. The Kier molecular flexibility index (Phi) is 4.71. The van der Waals surface area contributed by atoms with Crippen LogP contribution in [0.5, 0.6) is 0 Å². The van der Waals surface area contributed by atoms with Crippen molar-refractivity contribution in [2.45, 2.75) is 11.4 Å². The van der Waals surface area contributed by atoms with Gasteiger partial charge in [0.25, 0.3) is 0 Å². The average Bonchev–Trinajstić information content (AvgIpc) is 3.15. The molecule has 0 radical (unpaired) electrons. The molecule has 3 aromatic rings. The molecule has 7 heteroatoms. The molecular weight excluding hydrogens is 342 g/mol. The number of aromatic nitrogens is 1. The molecule has 0 aliphatic carbocycles. The zero-order valence-corrected chi connectivity index (χ0v) is 14.1. The molecule has 0 saturated carbocycles. The molecule has 3 rings (SSSR count). The highest BCUT2D eigenvalue weighted by Gasteiger charge is 2.13. The van der Waals surface area contributed by atoms with E-state index in [1.807, 2.05) is 29.6 Å². The summed E-state index contributed by atoms with van der Waals surface area (Å²) in [5, 5.41) is 10.7. The Morgan fingerprint density at radius 2 is 1.96 bits per heavy atom. The Morgan fingerprint density at radius 3 is 2.62 bits per heavy atom. The molecule has 1 aromatic carbocycles. The molecule has 2 aromatic heterocycles. The van der Waals surface area contributed by atoms with E-state index in [1.54, 1.807) is 23.7 Å². The van der Waals surface area contributed by atoms with E-state index >= 15 is 0 Å². The summed E-state index contributed by atoms with van der Waals surface area (Å²) in [4.78, 5) is 5.38. The highest BCUT2D eigenvalue weighted by atomic mass is 32.2. The van der Waals surface area contributed by atoms with Crippen molar-refractivity contribution in [2.24, 2.45) is 0 Å². The lowest BCUT2D eigenvalue weighted by Gasteiger charge is -2.07. The summed E-state index contributed by atoms with van der Waals surface area (Å²) in [6, 6.07) is 13.6. The number of hydrogen-bond acceptors (Lipinski definition) is 5. The van der Waals surface area contributed by atoms with E-state index in [0.29, 0.717) is 5.56 Å². The maximum absolute atomic E-state index is 12.3. The van der Waals surface area contributed by atoms with Crippen molar-refractivity contribution in [3.8, 4) is 16.5 Å². The Labute approximate surface area is 144 Å². The first-order valence-electron chi connectivity index (χ1n) is 7.06. The molecule has 0 unspecified atom stereocenters. The average molecular weight is 355 g/mol. The highest BCUT2D eigenvalue weighted by molar-refractivity contribution is 7.89. The van der Waals surface area contributed by atoms with E-state index in [4.69, 9.17) is 5.26 Å². The maximum Gasteiger partial charge on any atom is 0.240 e. The summed E-state index contributed by atoms with van der Waals surface area (Å²) < 4.78 is 27.2. The van der Waals surface area contributed by atoms with Crippen LogP contribution in [-0.2, 0) is 16.6 Å². The Bertz CT molecular complexity index is 973. The van der Waals surface area contributed by atoms with Gasteiger partial charge < -0.3 is 0 Å². The van der Waals surface area contributed by atoms with Gasteiger partial charge in [0.2, 0.25) is 10.0 Å².